The molecule has 0 aromatic heterocycles. The Hall–Kier alpha value is -1.40. The van der Waals surface area contributed by atoms with Crippen LogP contribution in [-0.2, 0) is 14.3 Å². The first-order valence-electron chi connectivity index (χ1n) is 8.50. The zero-order chi connectivity index (χ0) is 16.4. The van der Waals surface area contributed by atoms with Crippen LogP contribution in [0.2, 0.25) is 0 Å². The number of hydrogen-bond donors (Lipinski definition) is 2. The molecule has 1 saturated carbocycles. The average molecular weight is 322 g/mol. The van der Waals surface area contributed by atoms with E-state index in [1.165, 1.54) is 0 Å². The van der Waals surface area contributed by atoms with E-state index >= 15 is 0 Å². The summed E-state index contributed by atoms with van der Waals surface area (Å²) in [6.07, 6.45) is 6.39. The Kier molecular flexibility index (Phi) is 4.73. The smallest absolute Gasteiger partial charge is 0.226 e. The third kappa shape index (κ3) is 3.75. The number of aliphatic hydroxyl groups is 1. The molecule has 6 heteroatoms. The Morgan fingerprint density at radius 3 is 2.39 bits per heavy atom. The highest BCUT2D eigenvalue weighted by atomic mass is 16.5. The maximum atomic E-state index is 12.8. The zero-order valence-corrected chi connectivity index (χ0v) is 13.7. The van der Waals surface area contributed by atoms with Crippen LogP contribution in [0.15, 0.2) is 12.2 Å². The van der Waals surface area contributed by atoms with E-state index in [-0.39, 0.29) is 29.7 Å². The highest BCUT2D eigenvalue weighted by molar-refractivity contribution is 5.88. The van der Waals surface area contributed by atoms with Crippen molar-refractivity contribution in [2.45, 2.75) is 44.2 Å². The lowest BCUT2D eigenvalue weighted by Gasteiger charge is -2.42. The number of amides is 2. The van der Waals surface area contributed by atoms with Gasteiger partial charge < -0.3 is 20.1 Å². The molecule has 2 amide bonds. The molecule has 128 valence electrons. The summed E-state index contributed by atoms with van der Waals surface area (Å²) in [6, 6.07) is 0.0301. The maximum absolute atomic E-state index is 12.8. The summed E-state index contributed by atoms with van der Waals surface area (Å²) in [7, 11) is 0. The van der Waals surface area contributed by atoms with Crippen molar-refractivity contribution in [1.82, 2.24) is 10.2 Å². The van der Waals surface area contributed by atoms with E-state index in [0.29, 0.717) is 52.0 Å². The molecular weight excluding hydrogens is 296 g/mol. The van der Waals surface area contributed by atoms with Gasteiger partial charge in [0.25, 0.3) is 0 Å². The molecule has 0 aromatic rings. The van der Waals surface area contributed by atoms with Gasteiger partial charge in [-0.2, -0.15) is 0 Å². The Morgan fingerprint density at radius 1 is 1.17 bits per heavy atom. The molecule has 23 heavy (non-hydrogen) atoms. The lowest BCUT2D eigenvalue weighted by molar-refractivity contribution is -0.146. The van der Waals surface area contributed by atoms with Crippen molar-refractivity contribution in [3.05, 3.63) is 12.2 Å². The van der Waals surface area contributed by atoms with Crippen LogP contribution in [0.1, 0.15) is 32.6 Å². The summed E-state index contributed by atoms with van der Waals surface area (Å²) in [5.74, 6) is -0.570. The highest BCUT2D eigenvalue weighted by Crippen LogP contribution is 2.33. The van der Waals surface area contributed by atoms with Gasteiger partial charge in [-0.3, -0.25) is 9.59 Å². The summed E-state index contributed by atoms with van der Waals surface area (Å²) < 4.78 is 5.29. The van der Waals surface area contributed by atoms with Crippen LogP contribution in [0.3, 0.4) is 0 Å². The van der Waals surface area contributed by atoms with Gasteiger partial charge in [-0.05, 0) is 32.6 Å². The fourth-order valence-corrected chi connectivity index (χ4v) is 3.81. The van der Waals surface area contributed by atoms with Gasteiger partial charge in [0, 0.05) is 19.1 Å². The summed E-state index contributed by atoms with van der Waals surface area (Å²) in [6.45, 7) is 4.14. The Balaban J connectivity index is 1.60. The SMILES string of the molecule is CC1(O)CC(NC(=O)C2CC=CCC2C(=O)N2CCOCC2)C1. The second-order valence-electron chi connectivity index (χ2n) is 7.20. The number of morpholine rings is 1. The van der Waals surface area contributed by atoms with Crippen LogP contribution in [0.25, 0.3) is 0 Å². The van der Waals surface area contributed by atoms with E-state index in [1.54, 1.807) is 6.92 Å². The third-order valence-corrected chi connectivity index (χ3v) is 5.13. The minimum absolute atomic E-state index is 0.0301. The van der Waals surface area contributed by atoms with Crippen LogP contribution in [0, 0.1) is 11.8 Å². The fraction of sp³-hybridized carbons (Fsp3) is 0.765. The molecule has 1 saturated heterocycles. The molecule has 0 spiro atoms. The van der Waals surface area contributed by atoms with Crippen molar-refractivity contribution in [3.8, 4) is 0 Å². The van der Waals surface area contributed by atoms with E-state index in [1.807, 2.05) is 17.1 Å². The fourth-order valence-electron chi connectivity index (χ4n) is 3.81. The van der Waals surface area contributed by atoms with E-state index in [2.05, 4.69) is 5.32 Å². The minimum Gasteiger partial charge on any atom is -0.390 e. The number of ether oxygens (including phenoxy) is 1. The van der Waals surface area contributed by atoms with Crippen molar-refractivity contribution in [2.24, 2.45) is 11.8 Å². The highest BCUT2D eigenvalue weighted by Gasteiger charge is 2.42. The summed E-state index contributed by atoms with van der Waals surface area (Å²) in [4.78, 5) is 27.2. The van der Waals surface area contributed by atoms with Crippen LogP contribution in [0.4, 0.5) is 0 Å². The van der Waals surface area contributed by atoms with Gasteiger partial charge in [-0.25, -0.2) is 0 Å². The largest absolute Gasteiger partial charge is 0.390 e. The summed E-state index contributed by atoms with van der Waals surface area (Å²) >= 11 is 0. The Labute approximate surface area is 136 Å². The normalized spacial score (nSPS) is 37.1. The van der Waals surface area contributed by atoms with Crippen LogP contribution in [-0.4, -0.2) is 59.8 Å². The maximum Gasteiger partial charge on any atom is 0.226 e. The molecule has 2 aliphatic carbocycles. The zero-order valence-electron chi connectivity index (χ0n) is 13.7. The topological polar surface area (TPSA) is 78.9 Å². The molecule has 0 aromatic carbocycles. The molecule has 2 N–H and O–H groups in total. The first kappa shape index (κ1) is 16.5. The molecule has 3 rings (SSSR count). The number of carbonyl (C=O) groups is 2. The number of carbonyl (C=O) groups excluding carboxylic acids is 2. The standard InChI is InChI=1S/C17H26N2O4/c1-17(22)10-12(11-17)18-15(20)13-4-2-3-5-14(13)16(21)19-6-8-23-9-7-19/h2-3,12-14,22H,4-11H2,1H3,(H,18,20). The predicted molar refractivity (Wildman–Crippen MR) is 84.5 cm³/mol. The average Bonchev–Trinajstić information content (AvgIpc) is 2.53. The van der Waals surface area contributed by atoms with E-state index < -0.39 is 5.60 Å². The first-order valence-corrected chi connectivity index (χ1v) is 8.50. The molecule has 1 aliphatic heterocycles. The van der Waals surface area contributed by atoms with Gasteiger partial charge in [0.1, 0.15) is 0 Å². The number of nitrogens with one attached hydrogen (secondary N) is 1. The second-order valence-corrected chi connectivity index (χ2v) is 7.20. The number of hydrogen-bond acceptors (Lipinski definition) is 4. The van der Waals surface area contributed by atoms with Gasteiger partial charge >= 0.3 is 0 Å². The Morgan fingerprint density at radius 2 is 1.78 bits per heavy atom. The molecule has 3 aliphatic rings. The van der Waals surface area contributed by atoms with E-state index in [9.17, 15) is 14.7 Å². The van der Waals surface area contributed by atoms with Crippen molar-refractivity contribution < 1.29 is 19.4 Å². The lowest BCUT2D eigenvalue weighted by Crippen LogP contribution is -2.56. The van der Waals surface area contributed by atoms with E-state index in [4.69, 9.17) is 4.74 Å². The third-order valence-electron chi connectivity index (χ3n) is 5.13. The van der Waals surface area contributed by atoms with Gasteiger partial charge in [0.15, 0.2) is 0 Å². The van der Waals surface area contributed by atoms with Crippen molar-refractivity contribution >= 4 is 11.8 Å². The van der Waals surface area contributed by atoms with Gasteiger partial charge in [0.05, 0.1) is 30.7 Å². The van der Waals surface area contributed by atoms with Crippen LogP contribution in [0.5, 0.6) is 0 Å². The van der Waals surface area contributed by atoms with Gasteiger partial charge in [0.2, 0.25) is 11.8 Å². The van der Waals surface area contributed by atoms with Crippen molar-refractivity contribution in [2.75, 3.05) is 26.3 Å². The van der Waals surface area contributed by atoms with Gasteiger partial charge in [-0.1, -0.05) is 12.2 Å². The molecule has 2 fully saturated rings. The first-order chi connectivity index (χ1) is 11.0. The molecule has 1 heterocycles. The lowest BCUT2D eigenvalue weighted by atomic mass is 9.76. The number of rotatable bonds is 3. The molecule has 0 radical (unpaired) electrons. The van der Waals surface area contributed by atoms with Crippen molar-refractivity contribution in [3.63, 3.8) is 0 Å². The van der Waals surface area contributed by atoms with Crippen molar-refractivity contribution in [1.29, 1.82) is 0 Å². The number of nitrogens with zero attached hydrogens (tertiary/aromatic N) is 1. The second kappa shape index (κ2) is 6.61. The molecule has 2 atom stereocenters. The quantitative estimate of drug-likeness (QED) is 0.740. The minimum atomic E-state index is -0.659. The molecular formula is C17H26N2O4. The van der Waals surface area contributed by atoms with Gasteiger partial charge in [-0.15, -0.1) is 0 Å². The molecule has 0 bridgehead atoms. The molecule has 2 unspecified atom stereocenters. The predicted octanol–water partition coefficient (Wildman–Crippen LogP) is 0.457. The van der Waals surface area contributed by atoms with Crippen LogP contribution < -0.4 is 5.32 Å². The monoisotopic (exact) mass is 322 g/mol. The molecule has 6 nitrogen and oxygen atoms in total. The summed E-state index contributed by atoms with van der Waals surface area (Å²) in [5.41, 5.74) is -0.659. The Bertz CT molecular complexity index is 489. The van der Waals surface area contributed by atoms with Crippen LogP contribution >= 0.6 is 0 Å². The van der Waals surface area contributed by atoms with E-state index in [0.717, 1.165) is 0 Å². The summed E-state index contributed by atoms with van der Waals surface area (Å²) in [5, 5.41) is 12.8. The number of allylic oxidation sites excluding steroid dienone is 2.